The van der Waals surface area contributed by atoms with Crippen molar-refractivity contribution in [3.8, 4) is 0 Å². The fourth-order valence-electron chi connectivity index (χ4n) is 14.6. The van der Waals surface area contributed by atoms with Crippen LogP contribution in [0, 0.1) is 99.1 Å². The van der Waals surface area contributed by atoms with Crippen LogP contribution in [0.1, 0.15) is 81.1 Å². The Morgan fingerprint density at radius 3 is 2.26 bits per heavy atom. The predicted octanol–water partition coefficient (Wildman–Crippen LogP) is 7.94. The van der Waals surface area contributed by atoms with E-state index in [0.29, 0.717) is 10.8 Å². The fraction of sp³-hybridized carbons (Fsp3) is 0.935. The third kappa shape index (κ3) is 1.71. The molecule has 0 heterocycles. The minimum absolute atomic E-state index is 0.602. The fourth-order valence-corrected chi connectivity index (χ4v) is 14.6. The van der Waals surface area contributed by atoms with Gasteiger partial charge in [-0.3, -0.25) is 0 Å². The van der Waals surface area contributed by atoms with Gasteiger partial charge in [-0.05, 0) is 132 Å². The molecule has 9 aliphatic carbocycles. The molecule has 0 aliphatic heterocycles. The molecule has 172 valence electrons. The largest absolute Gasteiger partial charge is 0.100 e. The highest BCUT2D eigenvalue weighted by molar-refractivity contribution is 5.39. The van der Waals surface area contributed by atoms with Gasteiger partial charge < -0.3 is 0 Å². The van der Waals surface area contributed by atoms with Gasteiger partial charge in [0.2, 0.25) is 0 Å². The molecule has 31 heavy (non-hydrogen) atoms. The van der Waals surface area contributed by atoms with E-state index in [0.717, 1.165) is 88.3 Å². The maximum atomic E-state index is 4.32. The molecule has 17 atom stereocenters. The maximum absolute atomic E-state index is 4.32. The first-order valence-electron chi connectivity index (χ1n) is 14.2. The molecule has 9 rings (SSSR count). The van der Waals surface area contributed by atoms with Crippen molar-refractivity contribution in [1.82, 2.24) is 0 Å². The Morgan fingerprint density at radius 2 is 1.58 bits per heavy atom. The summed E-state index contributed by atoms with van der Waals surface area (Å²) >= 11 is 0. The summed E-state index contributed by atoms with van der Waals surface area (Å²) in [5, 5.41) is 0. The molecule has 0 aromatic carbocycles. The highest BCUT2D eigenvalue weighted by Crippen LogP contribution is 2.96. The van der Waals surface area contributed by atoms with Crippen LogP contribution in [0.25, 0.3) is 0 Å². The van der Waals surface area contributed by atoms with Crippen molar-refractivity contribution in [2.75, 3.05) is 0 Å². The summed E-state index contributed by atoms with van der Waals surface area (Å²) in [5.41, 5.74) is 3.37. The van der Waals surface area contributed by atoms with E-state index in [1.165, 1.54) is 18.4 Å². The molecule has 9 fully saturated rings. The van der Waals surface area contributed by atoms with E-state index in [4.69, 9.17) is 0 Å². The second-order valence-corrected chi connectivity index (χ2v) is 15.0. The molecule has 1 spiro atoms. The summed E-state index contributed by atoms with van der Waals surface area (Å²) in [6.45, 7) is 25.9. The molecule has 0 amide bonds. The highest BCUT2D eigenvalue weighted by Gasteiger charge is 2.92. The molecule has 0 nitrogen and oxygen atoms in total. The van der Waals surface area contributed by atoms with Crippen molar-refractivity contribution < 1.29 is 0 Å². The first kappa shape index (κ1) is 20.1. The summed E-state index contributed by atoms with van der Waals surface area (Å²) in [5.74, 6) is 13.9. The van der Waals surface area contributed by atoms with Gasteiger partial charge in [0, 0.05) is 0 Å². The van der Waals surface area contributed by atoms with E-state index in [1.54, 1.807) is 12.8 Å². The molecule has 9 aliphatic rings. The van der Waals surface area contributed by atoms with Gasteiger partial charge in [-0.15, -0.1) is 6.58 Å². The van der Waals surface area contributed by atoms with Crippen molar-refractivity contribution in [2.45, 2.75) is 81.1 Å². The average Bonchev–Trinajstić information content (AvgIpc) is 3.36. The van der Waals surface area contributed by atoms with E-state index in [1.807, 2.05) is 0 Å². The Balaban J connectivity index is 1.51. The first-order chi connectivity index (χ1) is 14.6. The summed E-state index contributed by atoms with van der Waals surface area (Å²) in [4.78, 5) is 0. The van der Waals surface area contributed by atoms with Crippen molar-refractivity contribution in [2.24, 2.45) is 99.1 Å². The number of rotatable bonds is 3. The van der Waals surface area contributed by atoms with E-state index in [-0.39, 0.29) is 0 Å². The van der Waals surface area contributed by atoms with E-state index in [9.17, 15) is 0 Å². The van der Waals surface area contributed by atoms with Crippen LogP contribution in [0.4, 0.5) is 0 Å². The zero-order chi connectivity index (χ0) is 22.0. The lowest BCUT2D eigenvalue weighted by Gasteiger charge is -2.66. The Kier molecular flexibility index (Phi) is 3.58. The zero-order valence-electron chi connectivity index (χ0n) is 21.6. The van der Waals surface area contributed by atoms with Gasteiger partial charge in [0.1, 0.15) is 0 Å². The molecular weight excluding hydrogens is 372 g/mol. The Morgan fingerprint density at radius 1 is 0.903 bits per heavy atom. The third-order valence-electron chi connectivity index (χ3n) is 15.4. The number of fused-ring (bicyclic) bond motifs is 1. The average molecular weight is 421 g/mol. The lowest BCUT2D eigenvalue weighted by atomic mass is 9.39. The minimum atomic E-state index is 0.602. The standard InChI is InChI=1S/C31H48/c1-14(2)10-11-21-13-30-25-16(4)15(3)18(6)31-19(7)17(5)22-12-23(31)28(30)29(9,20(31)8)26(21)24(22)27(25)30/h15-28H,1,10-13H2,2-9H3. The molecule has 0 aromatic heterocycles. The highest BCUT2D eigenvalue weighted by atomic mass is 15.0. The molecule has 8 bridgehead atoms. The normalized spacial score (nSPS) is 71.1. The molecule has 0 saturated heterocycles. The monoisotopic (exact) mass is 420 g/mol. The van der Waals surface area contributed by atoms with Crippen LogP contribution in [0.2, 0.25) is 0 Å². The minimum Gasteiger partial charge on any atom is -0.100 e. The van der Waals surface area contributed by atoms with Crippen LogP contribution in [-0.4, -0.2) is 0 Å². The van der Waals surface area contributed by atoms with Gasteiger partial charge in [-0.1, -0.05) is 54.0 Å². The molecule has 9 saturated carbocycles. The van der Waals surface area contributed by atoms with Crippen molar-refractivity contribution in [1.29, 1.82) is 0 Å². The summed E-state index contributed by atoms with van der Waals surface area (Å²) in [6, 6.07) is 0. The van der Waals surface area contributed by atoms with E-state index >= 15 is 0 Å². The van der Waals surface area contributed by atoms with Crippen LogP contribution in [0.3, 0.4) is 0 Å². The second-order valence-electron chi connectivity index (χ2n) is 15.0. The Bertz CT molecular complexity index is 854. The van der Waals surface area contributed by atoms with Gasteiger partial charge in [-0.2, -0.15) is 0 Å². The van der Waals surface area contributed by atoms with Gasteiger partial charge in [0.15, 0.2) is 0 Å². The maximum Gasteiger partial charge on any atom is -0.0178 e. The molecule has 0 heteroatoms. The number of hydrogen-bond acceptors (Lipinski definition) is 0. The van der Waals surface area contributed by atoms with Gasteiger partial charge >= 0.3 is 0 Å². The van der Waals surface area contributed by atoms with Gasteiger partial charge in [0.25, 0.3) is 0 Å². The smallest absolute Gasteiger partial charge is 0.0178 e. The number of hydrogen-bond donors (Lipinski definition) is 0. The second kappa shape index (κ2) is 5.51. The molecule has 17 unspecified atom stereocenters. The van der Waals surface area contributed by atoms with Crippen LogP contribution in [-0.2, 0) is 0 Å². The number of allylic oxidation sites excluding steroid dienone is 1. The first-order valence-corrected chi connectivity index (χ1v) is 14.2. The quantitative estimate of drug-likeness (QED) is 0.406. The topological polar surface area (TPSA) is 0 Å². The van der Waals surface area contributed by atoms with Crippen LogP contribution in [0.15, 0.2) is 12.2 Å². The molecule has 0 N–H and O–H groups in total. The Hall–Kier alpha value is -0.260. The molecular formula is C31H48. The van der Waals surface area contributed by atoms with Crippen molar-refractivity contribution in [3.05, 3.63) is 12.2 Å². The Labute approximate surface area is 192 Å². The van der Waals surface area contributed by atoms with E-state index < -0.39 is 0 Å². The van der Waals surface area contributed by atoms with Gasteiger partial charge in [-0.25, -0.2) is 0 Å². The van der Waals surface area contributed by atoms with Crippen LogP contribution < -0.4 is 0 Å². The summed E-state index contributed by atoms with van der Waals surface area (Å²) in [6.07, 6.45) is 5.95. The molecule has 0 aromatic rings. The van der Waals surface area contributed by atoms with E-state index in [2.05, 4.69) is 62.0 Å². The lowest BCUT2D eigenvalue weighted by Crippen LogP contribution is -2.61. The zero-order valence-corrected chi connectivity index (χ0v) is 21.6. The predicted molar refractivity (Wildman–Crippen MR) is 129 cm³/mol. The molecule has 0 radical (unpaired) electrons. The van der Waals surface area contributed by atoms with Crippen molar-refractivity contribution >= 4 is 0 Å². The summed E-state index contributed by atoms with van der Waals surface area (Å²) in [7, 11) is 0. The van der Waals surface area contributed by atoms with Crippen LogP contribution in [0.5, 0.6) is 0 Å². The van der Waals surface area contributed by atoms with Crippen molar-refractivity contribution in [3.63, 3.8) is 0 Å². The SMILES string of the molecule is C=C(C)CCC1CC23C4C(C)C(C)C(C)C56C(C)C(C)C7CC5C2C(C)(C1C7C43)C6C. The lowest BCUT2D eigenvalue weighted by molar-refractivity contribution is -0.185. The van der Waals surface area contributed by atoms with Crippen LogP contribution >= 0.6 is 0 Å². The van der Waals surface area contributed by atoms with Gasteiger partial charge in [0.05, 0.1) is 0 Å². The summed E-state index contributed by atoms with van der Waals surface area (Å²) < 4.78 is 0. The third-order valence-corrected chi connectivity index (χ3v) is 15.4.